The lowest BCUT2D eigenvalue weighted by Gasteiger charge is -2.04. The van der Waals surface area contributed by atoms with Crippen molar-refractivity contribution in [3.63, 3.8) is 0 Å². The number of aryl methyl sites for hydroxylation is 1. The predicted molar refractivity (Wildman–Crippen MR) is 60.3 cm³/mol. The van der Waals surface area contributed by atoms with E-state index in [-0.39, 0.29) is 6.04 Å². The Kier molecular flexibility index (Phi) is 2.79. The van der Waals surface area contributed by atoms with Crippen LogP contribution in [0.4, 0.5) is 0 Å². The third kappa shape index (κ3) is 2.06. The summed E-state index contributed by atoms with van der Waals surface area (Å²) in [7, 11) is 1.65. The molecule has 2 aromatic heterocycles. The molecule has 2 rings (SSSR count). The van der Waals surface area contributed by atoms with E-state index in [0.29, 0.717) is 0 Å². The number of nitrogens with two attached hydrogens (primary N) is 1. The van der Waals surface area contributed by atoms with Crippen LogP contribution in [0.3, 0.4) is 0 Å². The fraction of sp³-hybridized carbons (Fsp3) is 0.273. The van der Waals surface area contributed by atoms with Crippen molar-refractivity contribution in [3.05, 3.63) is 40.0 Å². The summed E-state index contributed by atoms with van der Waals surface area (Å²) in [4.78, 5) is 1.04. The Morgan fingerprint density at radius 1 is 1.47 bits per heavy atom. The second-order valence-corrected chi connectivity index (χ2v) is 4.26. The van der Waals surface area contributed by atoms with Gasteiger partial charge in [0.15, 0.2) is 0 Å². The Morgan fingerprint density at radius 2 is 2.27 bits per heavy atom. The summed E-state index contributed by atoms with van der Waals surface area (Å²) < 4.78 is 10.6. The summed E-state index contributed by atoms with van der Waals surface area (Å²) in [6.07, 6.45) is 0. The molecule has 0 radical (unpaired) electrons. The Labute approximate surface area is 92.5 Å². The molecule has 1 atom stereocenters. The third-order valence-electron chi connectivity index (χ3n) is 2.21. The molecule has 80 valence electrons. The quantitative estimate of drug-likeness (QED) is 0.870. The van der Waals surface area contributed by atoms with E-state index >= 15 is 0 Å². The summed E-state index contributed by atoms with van der Waals surface area (Å²) in [5.74, 6) is 2.51. The van der Waals surface area contributed by atoms with E-state index in [0.717, 1.165) is 22.1 Å². The van der Waals surface area contributed by atoms with E-state index in [9.17, 15) is 0 Å². The fourth-order valence-electron chi connectivity index (χ4n) is 1.37. The van der Waals surface area contributed by atoms with E-state index in [1.165, 1.54) is 0 Å². The van der Waals surface area contributed by atoms with Crippen molar-refractivity contribution in [2.75, 3.05) is 7.11 Å². The van der Waals surface area contributed by atoms with Crippen molar-refractivity contribution in [1.29, 1.82) is 0 Å². The highest BCUT2D eigenvalue weighted by atomic mass is 32.1. The van der Waals surface area contributed by atoms with Crippen molar-refractivity contribution in [3.8, 4) is 5.75 Å². The van der Waals surface area contributed by atoms with Crippen molar-refractivity contribution in [2.45, 2.75) is 13.0 Å². The van der Waals surface area contributed by atoms with E-state index in [1.807, 2.05) is 30.5 Å². The number of rotatable bonds is 3. The molecule has 0 aromatic carbocycles. The smallest absolute Gasteiger partial charge is 0.129 e. The van der Waals surface area contributed by atoms with Gasteiger partial charge in [-0.05, 0) is 25.1 Å². The maximum absolute atomic E-state index is 6.06. The molecule has 0 bridgehead atoms. The predicted octanol–water partition coefficient (Wildman–Crippen LogP) is 2.71. The minimum atomic E-state index is -0.201. The first-order chi connectivity index (χ1) is 7.20. The van der Waals surface area contributed by atoms with Crippen LogP contribution in [0.15, 0.2) is 28.0 Å². The van der Waals surface area contributed by atoms with E-state index in [2.05, 4.69) is 0 Å². The molecule has 3 nitrogen and oxygen atoms in total. The molecular formula is C11H13NO2S. The first-order valence-corrected chi connectivity index (χ1v) is 5.53. The maximum atomic E-state index is 6.06. The van der Waals surface area contributed by atoms with Crippen LogP contribution < -0.4 is 10.5 Å². The minimum absolute atomic E-state index is 0.201. The van der Waals surface area contributed by atoms with Crippen LogP contribution in [0.1, 0.15) is 22.4 Å². The Balaban J connectivity index is 2.23. The molecule has 0 saturated heterocycles. The largest absolute Gasteiger partial charge is 0.496 e. The van der Waals surface area contributed by atoms with Crippen LogP contribution in [0.5, 0.6) is 5.75 Å². The fourth-order valence-corrected chi connectivity index (χ4v) is 2.23. The van der Waals surface area contributed by atoms with Crippen molar-refractivity contribution >= 4 is 11.3 Å². The molecule has 2 aromatic rings. The molecule has 2 heterocycles. The highest BCUT2D eigenvalue weighted by molar-refractivity contribution is 7.10. The van der Waals surface area contributed by atoms with Gasteiger partial charge in [0.2, 0.25) is 0 Å². The lowest BCUT2D eigenvalue weighted by molar-refractivity contribution is 0.416. The molecule has 0 aliphatic heterocycles. The Bertz CT molecular complexity index is 447. The van der Waals surface area contributed by atoms with Crippen LogP contribution in [0.25, 0.3) is 0 Å². The monoisotopic (exact) mass is 223 g/mol. The Hall–Kier alpha value is -1.26. The minimum Gasteiger partial charge on any atom is -0.496 e. The zero-order chi connectivity index (χ0) is 10.8. The summed E-state index contributed by atoms with van der Waals surface area (Å²) in [6.45, 7) is 1.91. The first-order valence-electron chi connectivity index (χ1n) is 4.65. The second-order valence-electron chi connectivity index (χ2n) is 3.31. The highest BCUT2D eigenvalue weighted by Gasteiger charge is 2.14. The summed E-state index contributed by atoms with van der Waals surface area (Å²) in [6, 6.07) is 5.56. The van der Waals surface area contributed by atoms with Gasteiger partial charge in [-0.15, -0.1) is 11.3 Å². The van der Waals surface area contributed by atoms with Gasteiger partial charge in [-0.1, -0.05) is 0 Å². The molecule has 2 N–H and O–H groups in total. The third-order valence-corrected chi connectivity index (χ3v) is 3.20. The standard InChI is InChI=1S/C11H13NO2S/c1-7-3-4-9(14-7)11(12)10-5-8(13-2)6-15-10/h3-6,11H,12H2,1-2H3. The molecule has 0 aliphatic carbocycles. The van der Waals surface area contributed by atoms with E-state index in [4.69, 9.17) is 14.9 Å². The van der Waals surface area contributed by atoms with Gasteiger partial charge in [0.25, 0.3) is 0 Å². The molecule has 15 heavy (non-hydrogen) atoms. The molecule has 1 unspecified atom stereocenters. The molecule has 0 fully saturated rings. The van der Waals surface area contributed by atoms with Crippen molar-refractivity contribution in [1.82, 2.24) is 0 Å². The van der Waals surface area contributed by atoms with Crippen LogP contribution in [-0.2, 0) is 0 Å². The van der Waals surface area contributed by atoms with Crippen LogP contribution >= 0.6 is 11.3 Å². The molecule has 0 spiro atoms. The molecular weight excluding hydrogens is 210 g/mol. The summed E-state index contributed by atoms with van der Waals surface area (Å²) in [5, 5.41) is 1.94. The Morgan fingerprint density at radius 3 is 2.80 bits per heavy atom. The topological polar surface area (TPSA) is 48.4 Å². The highest BCUT2D eigenvalue weighted by Crippen LogP contribution is 2.30. The number of furan rings is 1. The molecule has 4 heteroatoms. The number of ether oxygens (including phenoxy) is 1. The van der Waals surface area contributed by atoms with Gasteiger partial charge in [0.1, 0.15) is 17.3 Å². The zero-order valence-corrected chi connectivity index (χ0v) is 9.51. The summed E-state index contributed by atoms with van der Waals surface area (Å²) in [5.41, 5.74) is 6.06. The van der Waals surface area contributed by atoms with Crippen LogP contribution in [0.2, 0.25) is 0 Å². The molecule has 0 amide bonds. The zero-order valence-electron chi connectivity index (χ0n) is 8.69. The van der Waals surface area contributed by atoms with Gasteiger partial charge in [0.05, 0.1) is 13.2 Å². The lowest BCUT2D eigenvalue weighted by atomic mass is 10.2. The van der Waals surface area contributed by atoms with Gasteiger partial charge in [0, 0.05) is 10.3 Å². The average Bonchev–Trinajstić information content (AvgIpc) is 2.84. The average molecular weight is 223 g/mol. The van der Waals surface area contributed by atoms with Gasteiger partial charge in [-0.3, -0.25) is 0 Å². The number of hydrogen-bond acceptors (Lipinski definition) is 4. The normalized spacial score (nSPS) is 12.7. The number of hydrogen-bond donors (Lipinski definition) is 1. The van der Waals surface area contributed by atoms with E-state index < -0.39 is 0 Å². The second kappa shape index (κ2) is 4.08. The van der Waals surface area contributed by atoms with Gasteiger partial charge >= 0.3 is 0 Å². The van der Waals surface area contributed by atoms with Crippen molar-refractivity contribution in [2.24, 2.45) is 5.73 Å². The summed E-state index contributed by atoms with van der Waals surface area (Å²) >= 11 is 1.58. The number of methoxy groups -OCH3 is 1. The van der Waals surface area contributed by atoms with Gasteiger partial charge < -0.3 is 14.9 Å². The number of thiophene rings is 1. The first kappa shape index (κ1) is 10.3. The van der Waals surface area contributed by atoms with Crippen molar-refractivity contribution < 1.29 is 9.15 Å². The van der Waals surface area contributed by atoms with Gasteiger partial charge in [-0.2, -0.15) is 0 Å². The lowest BCUT2D eigenvalue weighted by Crippen LogP contribution is -2.08. The van der Waals surface area contributed by atoms with E-state index in [1.54, 1.807) is 18.4 Å². The maximum Gasteiger partial charge on any atom is 0.129 e. The molecule has 0 saturated carbocycles. The SMILES string of the molecule is COc1csc(C(N)c2ccc(C)o2)c1. The van der Waals surface area contributed by atoms with Gasteiger partial charge in [-0.25, -0.2) is 0 Å². The molecule has 0 aliphatic rings. The van der Waals surface area contributed by atoms with Crippen LogP contribution in [0, 0.1) is 6.92 Å². The van der Waals surface area contributed by atoms with Crippen LogP contribution in [-0.4, -0.2) is 7.11 Å².